The van der Waals surface area contributed by atoms with Crippen molar-refractivity contribution in [2.45, 2.75) is 25.4 Å². The van der Waals surface area contributed by atoms with Crippen LogP contribution in [0.3, 0.4) is 0 Å². The normalized spacial score (nSPS) is 16.3. The molecule has 4 aromatic rings. The maximum atomic E-state index is 13.1. The van der Waals surface area contributed by atoms with Crippen LogP contribution in [0.4, 0.5) is 0 Å². The average molecular weight is 417 g/mol. The number of pyridine rings is 1. The molecule has 1 unspecified atom stereocenters. The van der Waals surface area contributed by atoms with Crippen molar-refractivity contribution in [2.24, 2.45) is 0 Å². The van der Waals surface area contributed by atoms with Gasteiger partial charge in [-0.25, -0.2) is 9.67 Å². The highest BCUT2D eigenvalue weighted by molar-refractivity contribution is 7.20. The van der Waals surface area contributed by atoms with Crippen molar-refractivity contribution in [2.75, 3.05) is 6.54 Å². The zero-order chi connectivity index (χ0) is 20.5. The van der Waals surface area contributed by atoms with Crippen LogP contribution in [-0.2, 0) is 6.54 Å². The van der Waals surface area contributed by atoms with Crippen molar-refractivity contribution in [3.05, 3.63) is 76.3 Å². The highest BCUT2D eigenvalue weighted by atomic mass is 32.1. The number of para-hydroxylation sites is 1. The van der Waals surface area contributed by atoms with Gasteiger partial charge in [0.1, 0.15) is 0 Å². The third-order valence-electron chi connectivity index (χ3n) is 5.32. The molecule has 1 saturated heterocycles. The van der Waals surface area contributed by atoms with Gasteiger partial charge in [0.25, 0.3) is 11.5 Å². The first-order chi connectivity index (χ1) is 14.7. The molecule has 0 N–H and O–H groups in total. The SMILES string of the molecule is O=C(c1nc2ccccc2s1)N1CCCC1Cn1nc(-c2cccnc2)ccc1=O. The summed E-state index contributed by atoms with van der Waals surface area (Å²) in [5, 5.41) is 5.01. The molecule has 1 fully saturated rings. The molecule has 1 atom stereocenters. The monoisotopic (exact) mass is 417 g/mol. The first-order valence-electron chi connectivity index (χ1n) is 9.84. The molecule has 0 saturated carbocycles. The molecule has 0 aliphatic carbocycles. The number of nitrogens with zero attached hydrogens (tertiary/aromatic N) is 5. The number of amides is 1. The van der Waals surface area contributed by atoms with Gasteiger partial charge in [0.05, 0.1) is 28.5 Å². The Kier molecular flexibility index (Phi) is 4.84. The van der Waals surface area contributed by atoms with Gasteiger partial charge in [-0.3, -0.25) is 14.6 Å². The maximum Gasteiger partial charge on any atom is 0.283 e. The van der Waals surface area contributed by atoms with E-state index in [0.29, 0.717) is 23.8 Å². The zero-order valence-electron chi connectivity index (χ0n) is 16.1. The molecule has 0 radical (unpaired) electrons. The van der Waals surface area contributed by atoms with Crippen LogP contribution in [0.1, 0.15) is 22.6 Å². The Hall–Kier alpha value is -3.39. The van der Waals surface area contributed by atoms with Crippen LogP contribution in [0.2, 0.25) is 0 Å². The van der Waals surface area contributed by atoms with Gasteiger partial charge < -0.3 is 4.90 Å². The van der Waals surface area contributed by atoms with Crippen molar-refractivity contribution < 1.29 is 4.79 Å². The van der Waals surface area contributed by atoms with E-state index >= 15 is 0 Å². The largest absolute Gasteiger partial charge is 0.332 e. The van der Waals surface area contributed by atoms with Crippen LogP contribution in [0.5, 0.6) is 0 Å². The van der Waals surface area contributed by atoms with E-state index in [9.17, 15) is 9.59 Å². The number of fused-ring (bicyclic) bond motifs is 1. The fraction of sp³-hybridized carbons (Fsp3) is 0.227. The summed E-state index contributed by atoms with van der Waals surface area (Å²) in [5.74, 6) is -0.0739. The number of carbonyl (C=O) groups is 1. The van der Waals surface area contributed by atoms with Gasteiger partial charge in [-0.2, -0.15) is 5.10 Å². The zero-order valence-corrected chi connectivity index (χ0v) is 17.0. The molecule has 7 nitrogen and oxygen atoms in total. The van der Waals surface area contributed by atoms with Crippen LogP contribution in [0.25, 0.3) is 21.5 Å². The molecule has 30 heavy (non-hydrogen) atoms. The standard InChI is InChI=1S/C22H19N5O2S/c28-20-10-9-17(15-5-3-11-23-13-15)25-27(20)14-16-6-4-12-26(16)22(29)21-24-18-7-1-2-8-19(18)30-21/h1-3,5,7-11,13,16H,4,6,12,14H2. The minimum atomic E-state index is -0.179. The highest BCUT2D eigenvalue weighted by Gasteiger charge is 2.31. The molecule has 1 aliphatic heterocycles. The fourth-order valence-corrected chi connectivity index (χ4v) is 4.75. The molecule has 8 heteroatoms. The first-order valence-corrected chi connectivity index (χ1v) is 10.7. The number of carbonyl (C=O) groups excluding carboxylic acids is 1. The Morgan fingerprint density at radius 1 is 1.13 bits per heavy atom. The Morgan fingerprint density at radius 3 is 2.87 bits per heavy atom. The molecule has 1 aromatic carbocycles. The van der Waals surface area contributed by atoms with E-state index in [4.69, 9.17) is 0 Å². The van der Waals surface area contributed by atoms with Crippen molar-refractivity contribution in [1.82, 2.24) is 24.6 Å². The van der Waals surface area contributed by atoms with E-state index in [0.717, 1.165) is 28.6 Å². The lowest BCUT2D eigenvalue weighted by Gasteiger charge is -2.24. The summed E-state index contributed by atoms with van der Waals surface area (Å²) in [6.45, 7) is 1.03. The van der Waals surface area contributed by atoms with E-state index in [2.05, 4.69) is 15.1 Å². The van der Waals surface area contributed by atoms with Crippen LogP contribution >= 0.6 is 11.3 Å². The van der Waals surface area contributed by atoms with Crippen LogP contribution in [-0.4, -0.2) is 43.1 Å². The molecule has 150 valence electrons. The molecule has 3 aromatic heterocycles. The van der Waals surface area contributed by atoms with Crippen molar-refractivity contribution >= 4 is 27.5 Å². The number of hydrogen-bond donors (Lipinski definition) is 0. The second kappa shape index (κ2) is 7.79. The van der Waals surface area contributed by atoms with Crippen molar-refractivity contribution in [3.8, 4) is 11.3 Å². The number of rotatable bonds is 4. The predicted molar refractivity (Wildman–Crippen MR) is 115 cm³/mol. The summed E-state index contributed by atoms with van der Waals surface area (Å²) in [4.78, 5) is 36.0. The van der Waals surface area contributed by atoms with Crippen molar-refractivity contribution in [3.63, 3.8) is 0 Å². The van der Waals surface area contributed by atoms with Gasteiger partial charge in [-0.05, 0) is 43.2 Å². The Labute approximate surface area is 176 Å². The summed E-state index contributed by atoms with van der Waals surface area (Å²) in [5.41, 5.74) is 2.19. The lowest BCUT2D eigenvalue weighted by molar-refractivity contribution is 0.0720. The number of benzene rings is 1. The first kappa shape index (κ1) is 18.6. The number of likely N-dealkylation sites (tertiary alicyclic amines) is 1. The molecule has 1 aliphatic rings. The quantitative estimate of drug-likeness (QED) is 0.509. The van der Waals surface area contributed by atoms with Gasteiger partial charge in [0.15, 0.2) is 5.01 Å². The maximum absolute atomic E-state index is 13.1. The molecule has 5 rings (SSSR count). The summed E-state index contributed by atoms with van der Waals surface area (Å²) in [6, 6.07) is 14.6. The van der Waals surface area contributed by atoms with Crippen molar-refractivity contribution in [1.29, 1.82) is 0 Å². The summed E-state index contributed by atoms with van der Waals surface area (Å²) in [7, 11) is 0. The third-order valence-corrected chi connectivity index (χ3v) is 6.35. The van der Waals surface area contributed by atoms with E-state index in [-0.39, 0.29) is 17.5 Å². The van der Waals surface area contributed by atoms with E-state index in [1.54, 1.807) is 18.5 Å². The summed E-state index contributed by atoms with van der Waals surface area (Å²) < 4.78 is 2.45. The van der Waals surface area contributed by atoms with Gasteiger partial charge in [0, 0.05) is 30.6 Å². The molecule has 0 bridgehead atoms. The Balaban J connectivity index is 1.40. The molecule has 0 spiro atoms. The van der Waals surface area contributed by atoms with Crippen LogP contribution in [0.15, 0.2) is 65.7 Å². The Morgan fingerprint density at radius 2 is 2.03 bits per heavy atom. The lowest BCUT2D eigenvalue weighted by atomic mass is 10.2. The van der Waals surface area contributed by atoms with E-state index in [1.807, 2.05) is 41.3 Å². The molecule has 1 amide bonds. The van der Waals surface area contributed by atoms with E-state index < -0.39 is 0 Å². The number of aromatic nitrogens is 4. The predicted octanol–water partition coefficient (Wildman–Crippen LogP) is 3.22. The highest BCUT2D eigenvalue weighted by Crippen LogP contribution is 2.26. The Bertz CT molecular complexity index is 1230. The fourth-order valence-electron chi connectivity index (χ4n) is 3.83. The molecule has 4 heterocycles. The number of thiazole rings is 1. The smallest absolute Gasteiger partial charge is 0.283 e. The van der Waals surface area contributed by atoms with Crippen LogP contribution in [0, 0.1) is 0 Å². The minimum Gasteiger partial charge on any atom is -0.332 e. The molecular formula is C22H19N5O2S. The summed E-state index contributed by atoms with van der Waals surface area (Å²) >= 11 is 1.41. The second-order valence-corrected chi connectivity index (χ2v) is 8.29. The topological polar surface area (TPSA) is 81.0 Å². The average Bonchev–Trinajstić information content (AvgIpc) is 3.42. The van der Waals surface area contributed by atoms with Gasteiger partial charge >= 0.3 is 0 Å². The van der Waals surface area contributed by atoms with Gasteiger partial charge in [-0.15, -0.1) is 11.3 Å². The van der Waals surface area contributed by atoms with Gasteiger partial charge in [0.2, 0.25) is 0 Å². The number of hydrogen-bond acceptors (Lipinski definition) is 6. The lowest BCUT2D eigenvalue weighted by Crippen LogP contribution is -2.40. The van der Waals surface area contributed by atoms with E-state index in [1.165, 1.54) is 22.1 Å². The molecular weight excluding hydrogens is 398 g/mol. The summed E-state index contributed by atoms with van der Waals surface area (Å²) in [6.07, 6.45) is 5.15. The second-order valence-electron chi connectivity index (χ2n) is 7.26. The minimum absolute atomic E-state index is 0.0739. The van der Waals surface area contributed by atoms with Gasteiger partial charge in [-0.1, -0.05) is 12.1 Å². The van der Waals surface area contributed by atoms with Crippen LogP contribution < -0.4 is 5.56 Å². The third kappa shape index (κ3) is 3.50.